The molecular weight excluding hydrogens is 165 g/mol. The number of rotatable bonds is 1. The minimum Gasteiger partial charge on any atom is -0.459 e. The van der Waals surface area contributed by atoms with Crippen LogP contribution in [0.3, 0.4) is 0 Å². The second kappa shape index (κ2) is 4.32. The summed E-state index contributed by atoms with van der Waals surface area (Å²) >= 11 is 0. The standard InChI is InChI=1S/C4H5F3O2.H4Si/c1-2-9-3(8)4(5,6)7;/h2H2,1H3;1H4. The molecule has 0 aliphatic heterocycles. The molecule has 0 aliphatic rings. The van der Waals surface area contributed by atoms with Gasteiger partial charge in [0.1, 0.15) is 0 Å². The van der Waals surface area contributed by atoms with Crippen molar-refractivity contribution in [2.75, 3.05) is 6.61 Å². The Bertz CT molecular complexity index is 112. The van der Waals surface area contributed by atoms with Crippen LogP contribution in [0.25, 0.3) is 0 Å². The van der Waals surface area contributed by atoms with Gasteiger partial charge >= 0.3 is 12.1 Å². The molecule has 0 aliphatic carbocycles. The van der Waals surface area contributed by atoms with Crippen LogP contribution in [0, 0.1) is 0 Å². The molecule has 0 spiro atoms. The summed E-state index contributed by atoms with van der Waals surface area (Å²) in [6, 6.07) is 0. The average molecular weight is 174 g/mol. The molecule has 0 aromatic carbocycles. The first-order valence-electron chi connectivity index (χ1n) is 2.22. The molecule has 0 unspecified atom stereocenters. The molecule has 62 valence electrons. The largest absolute Gasteiger partial charge is 0.490 e. The van der Waals surface area contributed by atoms with Crippen molar-refractivity contribution in [2.45, 2.75) is 13.1 Å². The SMILES string of the molecule is CCOC(=O)C(F)(F)F.[SiH4]. The Morgan fingerprint density at radius 1 is 1.50 bits per heavy atom. The van der Waals surface area contributed by atoms with E-state index >= 15 is 0 Å². The van der Waals surface area contributed by atoms with E-state index in [9.17, 15) is 18.0 Å². The quantitative estimate of drug-likeness (QED) is 0.401. The lowest BCUT2D eigenvalue weighted by atomic mass is 10.7. The van der Waals surface area contributed by atoms with E-state index in [1.54, 1.807) is 0 Å². The smallest absolute Gasteiger partial charge is 0.459 e. The maximum atomic E-state index is 11.2. The van der Waals surface area contributed by atoms with E-state index in [2.05, 4.69) is 4.74 Å². The van der Waals surface area contributed by atoms with Gasteiger partial charge in [-0.2, -0.15) is 13.2 Å². The van der Waals surface area contributed by atoms with E-state index < -0.39 is 12.1 Å². The molecule has 10 heavy (non-hydrogen) atoms. The van der Waals surface area contributed by atoms with Crippen LogP contribution < -0.4 is 0 Å². The van der Waals surface area contributed by atoms with Gasteiger partial charge in [-0.3, -0.25) is 0 Å². The molecule has 0 bridgehead atoms. The highest BCUT2D eigenvalue weighted by Gasteiger charge is 2.40. The molecule has 0 fully saturated rings. The van der Waals surface area contributed by atoms with Crippen molar-refractivity contribution >= 4 is 16.9 Å². The molecule has 0 heterocycles. The Hall–Kier alpha value is -0.523. The molecule has 6 heteroatoms. The zero-order valence-corrected chi connectivity index (χ0v) is 4.66. The highest BCUT2D eigenvalue weighted by molar-refractivity contribution is 5.75. The Labute approximate surface area is 60.4 Å². The van der Waals surface area contributed by atoms with Crippen LogP contribution in [0.2, 0.25) is 0 Å². The number of ether oxygens (including phenoxy) is 1. The van der Waals surface area contributed by atoms with Gasteiger partial charge in [0.2, 0.25) is 0 Å². The zero-order chi connectivity index (χ0) is 7.49. The number of carbonyl (C=O) groups is 1. The number of carbonyl (C=O) groups excluding carboxylic acids is 1. The number of esters is 1. The lowest BCUT2D eigenvalue weighted by Gasteiger charge is -2.02. The van der Waals surface area contributed by atoms with Crippen molar-refractivity contribution < 1.29 is 22.7 Å². The third kappa shape index (κ3) is 4.36. The van der Waals surface area contributed by atoms with E-state index in [-0.39, 0.29) is 17.6 Å². The Kier molecular flexibility index (Phi) is 5.26. The Balaban J connectivity index is 0. The summed E-state index contributed by atoms with van der Waals surface area (Å²) in [5.74, 6) is -2.13. The van der Waals surface area contributed by atoms with E-state index in [0.717, 1.165) is 0 Å². The molecule has 0 rings (SSSR count). The molecule has 0 atom stereocenters. The second-order valence-corrected chi connectivity index (χ2v) is 1.22. The number of hydrogen-bond acceptors (Lipinski definition) is 2. The molecule has 0 amide bonds. The highest BCUT2D eigenvalue weighted by Crippen LogP contribution is 2.15. The fraction of sp³-hybridized carbons (Fsp3) is 0.750. The molecule has 0 N–H and O–H groups in total. The van der Waals surface area contributed by atoms with Crippen LogP contribution >= 0.6 is 0 Å². The average Bonchev–Trinajstić information content (AvgIpc) is 1.64. The van der Waals surface area contributed by atoms with Gasteiger partial charge in [-0.25, -0.2) is 4.79 Å². The second-order valence-electron chi connectivity index (χ2n) is 1.22. The summed E-state index contributed by atoms with van der Waals surface area (Å²) < 4.78 is 37.1. The first-order chi connectivity index (χ1) is 3.98. The third-order valence-electron chi connectivity index (χ3n) is 0.507. The van der Waals surface area contributed by atoms with Crippen LogP contribution in [0.15, 0.2) is 0 Å². The van der Waals surface area contributed by atoms with Crippen molar-refractivity contribution in [3.8, 4) is 0 Å². The highest BCUT2D eigenvalue weighted by atomic mass is 28.1. The summed E-state index contributed by atoms with van der Waals surface area (Å²) in [4.78, 5) is 9.72. The fourth-order valence-electron chi connectivity index (χ4n) is 0.213. The lowest BCUT2D eigenvalue weighted by Crippen LogP contribution is -2.25. The van der Waals surface area contributed by atoms with Crippen LogP contribution in [-0.2, 0) is 9.53 Å². The molecular formula is C4H9F3O2Si. The fourth-order valence-corrected chi connectivity index (χ4v) is 0.213. The maximum Gasteiger partial charge on any atom is 0.490 e. The zero-order valence-electron chi connectivity index (χ0n) is 4.66. The normalized spacial score (nSPS) is 10.0. The topological polar surface area (TPSA) is 26.3 Å². The first-order valence-corrected chi connectivity index (χ1v) is 2.22. The van der Waals surface area contributed by atoms with Crippen molar-refractivity contribution in [2.24, 2.45) is 0 Å². The summed E-state index contributed by atoms with van der Waals surface area (Å²) in [6.45, 7) is 1.06. The van der Waals surface area contributed by atoms with Crippen LogP contribution in [0.1, 0.15) is 6.92 Å². The monoisotopic (exact) mass is 174 g/mol. The number of halogens is 3. The molecule has 0 aromatic rings. The van der Waals surface area contributed by atoms with E-state index in [0.29, 0.717) is 0 Å². The van der Waals surface area contributed by atoms with Crippen molar-refractivity contribution in [3.63, 3.8) is 0 Å². The Morgan fingerprint density at radius 2 is 1.90 bits per heavy atom. The van der Waals surface area contributed by atoms with Crippen molar-refractivity contribution in [3.05, 3.63) is 0 Å². The molecule has 0 saturated heterocycles. The van der Waals surface area contributed by atoms with Gasteiger partial charge < -0.3 is 4.74 Å². The van der Waals surface area contributed by atoms with Crippen LogP contribution in [-0.4, -0.2) is 29.7 Å². The van der Waals surface area contributed by atoms with Crippen LogP contribution in [0.4, 0.5) is 13.2 Å². The molecule has 2 nitrogen and oxygen atoms in total. The predicted octanol–water partition coefficient (Wildman–Crippen LogP) is -0.340. The third-order valence-corrected chi connectivity index (χ3v) is 0.507. The van der Waals surface area contributed by atoms with Gasteiger partial charge in [0.25, 0.3) is 0 Å². The molecule has 0 radical (unpaired) electrons. The lowest BCUT2D eigenvalue weighted by molar-refractivity contribution is -0.199. The van der Waals surface area contributed by atoms with Crippen LogP contribution in [0.5, 0.6) is 0 Å². The summed E-state index contributed by atoms with van der Waals surface area (Å²) in [5, 5.41) is 0. The maximum absolute atomic E-state index is 11.2. The predicted molar refractivity (Wildman–Crippen MR) is 34.0 cm³/mol. The summed E-state index contributed by atoms with van der Waals surface area (Å²) in [5.41, 5.74) is 0. The van der Waals surface area contributed by atoms with E-state index in [1.165, 1.54) is 6.92 Å². The van der Waals surface area contributed by atoms with Crippen molar-refractivity contribution in [1.29, 1.82) is 0 Å². The summed E-state index contributed by atoms with van der Waals surface area (Å²) in [7, 11) is 0. The van der Waals surface area contributed by atoms with E-state index in [1.807, 2.05) is 0 Å². The van der Waals surface area contributed by atoms with Gasteiger partial charge in [-0.1, -0.05) is 0 Å². The van der Waals surface area contributed by atoms with Crippen molar-refractivity contribution in [1.82, 2.24) is 0 Å². The number of alkyl halides is 3. The van der Waals surface area contributed by atoms with Gasteiger partial charge in [-0.05, 0) is 17.9 Å². The summed E-state index contributed by atoms with van der Waals surface area (Å²) in [6.07, 6.45) is -4.85. The minimum atomic E-state index is -4.85. The molecule has 0 aromatic heterocycles. The van der Waals surface area contributed by atoms with Gasteiger partial charge in [0.05, 0.1) is 6.61 Å². The minimum absolute atomic E-state index is 0. The molecule has 0 saturated carbocycles. The Morgan fingerprint density at radius 3 is 2.00 bits per heavy atom. The first kappa shape index (κ1) is 12.2. The van der Waals surface area contributed by atoms with Gasteiger partial charge in [-0.15, -0.1) is 0 Å². The van der Waals surface area contributed by atoms with Gasteiger partial charge in [0, 0.05) is 0 Å². The number of hydrogen-bond donors (Lipinski definition) is 0. The van der Waals surface area contributed by atoms with Gasteiger partial charge in [0.15, 0.2) is 0 Å². The van der Waals surface area contributed by atoms with E-state index in [4.69, 9.17) is 0 Å².